The van der Waals surface area contributed by atoms with E-state index in [0.29, 0.717) is 34.9 Å². The maximum Gasteiger partial charge on any atom is 0.359 e. The Morgan fingerprint density at radius 2 is 2.03 bits per heavy atom. The molecule has 0 atom stereocenters. The molecule has 32 heavy (non-hydrogen) atoms. The van der Waals surface area contributed by atoms with Gasteiger partial charge in [-0.05, 0) is 67.8 Å². The highest BCUT2D eigenvalue weighted by Crippen LogP contribution is 2.31. The quantitative estimate of drug-likeness (QED) is 0.615. The Morgan fingerprint density at radius 1 is 1.16 bits per heavy atom. The van der Waals surface area contributed by atoms with Gasteiger partial charge in [0, 0.05) is 29.4 Å². The number of carbonyl (C=O) groups is 2. The summed E-state index contributed by atoms with van der Waals surface area (Å²) in [6, 6.07) is 13.3. The monoisotopic (exact) mass is 450 g/mol. The molecule has 1 amide bonds. The molecule has 0 radical (unpaired) electrons. The van der Waals surface area contributed by atoms with Gasteiger partial charge in [0.2, 0.25) is 0 Å². The average molecular weight is 451 g/mol. The van der Waals surface area contributed by atoms with Crippen molar-refractivity contribution in [2.45, 2.75) is 26.3 Å². The summed E-state index contributed by atoms with van der Waals surface area (Å²) in [4.78, 5) is 28.1. The molecule has 1 N–H and O–H groups in total. The van der Waals surface area contributed by atoms with Crippen LogP contribution in [-0.4, -0.2) is 41.4 Å². The summed E-state index contributed by atoms with van der Waals surface area (Å²) in [5.41, 5.74) is 5.16. The molecule has 0 bridgehead atoms. The van der Waals surface area contributed by atoms with Gasteiger partial charge in [0.15, 0.2) is 5.69 Å². The second-order valence-corrected chi connectivity index (χ2v) is 8.31. The van der Waals surface area contributed by atoms with Crippen LogP contribution in [0.15, 0.2) is 42.5 Å². The number of hydrogen-bond donors (Lipinski definition) is 1. The highest BCUT2D eigenvalue weighted by molar-refractivity contribution is 6.30. The van der Waals surface area contributed by atoms with Crippen LogP contribution in [0.4, 0.5) is 5.69 Å². The van der Waals surface area contributed by atoms with Gasteiger partial charge >= 0.3 is 5.97 Å². The Hall–Kier alpha value is -3.16. The van der Waals surface area contributed by atoms with Gasteiger partial charge in [-0.3, -0.25) is 4.79 Å². The average Bonchev–Trinajstić information content (AvgIpc) is 3.20. The Kier molecular flexibility index (Phi) is 5.45. The SMILES string of the molecule is CCOC(=O)c1nn(-c2cccc(Cl)c2)c2c1CCN(c1ccc3c(c1)CNCC3)C2=O. The molecule has 5 rings (SSSR count). The number of nitrogens with one attached hydrogen (secondary N) is 1. The Bertz CT molecular complexity index is 1220. The van der Waals surface area contributed by atoms with Gasteiger partial charge in [-0.2, -0.15) is 5.10 Å². The number of rotatable bonds is 4. The smallest absolute Gasteiger partial charge is 0.359 e. The fourth-order valence-corrected chi connectivity index (χ4v) is 4.58. The molecule has 1 aromatic heterocycles. The summed E-state index contributed by atoms with van der Waals surface area (Å²) in [6.07, 6.45) is 1.49. The minimum Gasteiger partial charge on any atom is -0.461 e. The van der Waals surface area contributed by atoms with E-state index in [-0.39, 0.29) is 18.2 Å². The molecule has 164 valence electrons. The van der Waals surface area contributed by atoms with Crippen molar-refractivity contribution in [2.24, 2.45) is 0 Å². The highest BCUT2D eigenvalue weighted by atomic mass is 35.5. The van der Waals surface area contributed by atoms with Crippen LogP contribution in [-0.2, 0) is 24.1 Å². The lowest BCUT2D eigenvalue weighted by molar-refractivity contribution is 0.0517. The van der Waals surface area contributed by atoms with E-state index in [4.69, 9.17) is 16.3 Å². The molecule has 0 spiro atoms. The normalized spacial score (nSPS) is 15.3. The molecular formula is C24H23ClN4O3. The molecule has 3 heterocycles. The molecule has 2 aromatic carbocycles. The standard InChI is InChI=1S/C24H23ClN4O3/c1-2-32-24(31)21-20-9-11-28(18-7-6-15-8-10-26-14-16(15)12-18)23(30)22(20)29(27-21)19-5-3-4-17(25)13-19/h3-7,12-13,26H,2,8-11,14H2,1H3. The first-order valence-corrected chi connectivity index (χ1v) is 11.1. The minimum atomic E-state index is -0.523. The van der Waals surface area contributed by atoms with Crippen molar-refractivity contribution in [2.75, 3.05) is 24.6 Å². The molecule has 8 heteroatoms. The lowest BCUT2D eigenvalue weighted by Gasteiger charge is -2.29. The Labute approximate surface area is 190 Å². The number of nitrogens with zero attached hydrogens (tertiary/aromatic N) is 3. The molecular weight excluding hydrogens is 428 g/mol. The van der Waals surface area contributed by atoms with Gasteiger partial charge in [0.05, 0.1) is 12.3 Å². The minimum absolute atomic E-state index is 0.185. The zero-order valence-electron chi connectivity index (χ0n) is 17.7. The van der Waals surface area contributed by atoms with Crippen LogP contribution >= 0.6 is 11.6 Å². The highest BCUT2D eigenvalue weighted by Gasteiger charge is 2.35. The third-order valence-corrected chi connectivity index (χ3v) is 6.16. The largest absolute Gasteiger partial charge is 0.461 e. The predicted octanol–water partition coefficient (Wildman–Crippen LogP) is 3.55. The number of halogens is 1. The van der Waals surface area contributed by atoms with Crippen LogP contribution in [0.2, 0.25) is 5.02 Å². The first kappa shape index (κ1) is 20.7. The number of esters is 1. The van der Waals surface area contributed by atoms with Crippen molar-refractivity contribution in [3.05, 3.63) is 75.6 Å². The molecule has 3 aromatic rings. The van der Waals surface area contributed by atoms with E-state index in [1.165, 1.54) is 15.8 Å². The van der Waals surface area contributed by atoms with Gasteiger partial charge in [0.1, 0.15) is 5.69 Å². The van der Waals surface area contributed by atoms with Crippen LogP contribution < -0.4 is 10.2 Å². The molecule has 0 fully saturated rings. The number of amides is 1. The number of fused-ring (bicyclic) bond motifs is 2. The third-order valence-electron chi connectivity index (χ3n) is 5.93. The van der Waals surface area contributed by atoms with E-state index in [1.54, 1.807) is 30.0 Å². The molecule has 2 aliphatic heterocycles. The molecule has 0 unspecified atom stereocenters. The van der Waals surface area contributed by atoms with E-state index in [9.17, 15) is 9.59 Å². The van der Waals surface area contributed by atoms with Crippen molar-refractivity contribution in [3.8, 4) is 5.69 Å². The van der Waals surface area contributed by atoms with Gasteiger partial charge in [-0.15, -0.1) is 0 Å². The summed E-state index contributed by atoms with van der Waals surface area (Å²) in [5.74, 6) is -0.719. The van der Waals surface area contributed by atoms with Crippen LogP contribution in [0.3, 0.4) is 0 Å². The molecule has 7 nitrogen and oxygen atoms in total. The Balaban J connectivity index is 1.60. The number of anilines is 1. The van der Waals surface area contributed by atoms with Crippen molar-refractivity contribution >= 4 is 29.2 Å². The first-order valence-electron chi connectivity index (χ1n) is 10.8. The van der Waals surface area contributed by atoms with Crippen molar-refractivity contribution in [3.63, 3.8) is 0 Å². The van der Waals surface area contributed by atoms with Crippen LogP contribution in [0, 0.1) is 0 Å². The van der Waals surface area contributed by atoms with Gasteiger partial charge in [-0.1, -0.05) is 23.7 Å². The lowest BCUT2D eigenvalue weighted by Crippen LogP contribution is -2.39. The summed E-state index contributed by atoms with van der Waals surface area (Å²) < 4.78 is 6.72. The fraction of sp³-hybridized carbons (Fsp3) is 0.292. The molecule has 2 aliphatic rings. The first-order chi connectivity index (χ1) is 15.6. The molecule has 0 saturated carbocycles. The summed E-state index contributed by atoms with van der Waals surface area (Å²) in [6.45, 7) is 4.21. The lowest BCUT2D eigenvalue weighted by atomic mass is 9.98. The number of benzene rings is 2. The summed E-state index contributed by atoms with van der Waals surface area (Å²) >= 11 is 6.19. The third kappa shape index (κ3) is 3.57. The Morgan fingerprint density at radius 3 is 2.84 bits per heavy atom. The zero-order valence-corrected chi connectivity index (χ0v) is 18.5. The maximum absolute atomic E-state index is 13.7. The van der Waals surface area contributed by atoms with E-state index < -0.39 is 5.97 Å². The van der Waals surface area contributed by atoms with Gasteiger partial charge < -0.3 is 15.0 Å². The van der Waals surface area contributed by atoms with Crippen molar-refractivity contribution < 1.29 is 14.3 Å². The molecule has 0 aliphatic carbocycles. The zero-order chi connectivity index (χ0) is 22.2. The maximum atomic E-state index is 13.7. The van der Waals surface area contributed by atoms with Gasteiger partial charge in [0.25, 0.3) is 5.91 Å². The summed E-state index contributed by atoms with van der Waals surface area (Å²) in [7, 11) is 0. The second kappa shape index (κ2) is 8.41. The topological polar surface area (TPSA) is 76.5 Å². The van der Waals surface area contributed by atoms with Crippen LogP contribution in [0.5, 0.6) is 0 Å². The van der Waals surface area contributed by atoms with E-state index >= 15 is 0 Å². The fourth-order valence-electron chi connectivity index (χ4n) is 4.40. The number of carbonyl (C=O) groups excluding carboxylic acids is 2. The summed E-state index contributed by atoms with van der Waals surface area (Å²) in [5, 5.41) is 8.40. The van der Waals surface area contributed by atoms with Gasteiger partial charge in [-0.25, -0.2) is 9.48 Å². The van der Waals surface area contributed by atoms with Crippen molar-refractivity contribution in [1.29, 1.82) is 0 Å². The van der Waals surface area contributed by atoms with E-state index in [2.05, 4.69) is 22.5 Å². The van der Waals surface area contributed by atoms with Crippen LogP contribution in [0.25, 0.3) is 5.69 Å². The predicted molar refractivity (Wildman–Crippen MR) is 122 cm³/mol. The van der Waals surface area contributed by atoms with E-state index in [1.807, 2.05) is 12.1 Å². The van der Waals surface area contributed by atoms with Crippen molar-refractivity contribution in [1.82, 2.24) is 15.1 Å². The van der Waals surface area contributed by atoms with Crippen LogP contribution in [0.1, 0.15) is 44.6 Å². The number of aromatic nitrogens is 2. The number of ether oxygens (including phenoxy) is 1. The second-order valence-electron chi connectivity index (χ2n) is 7.87. The number of hydrogen-bond acceptors (Lipinski definition) is 5. The van der Waals surface area contributed by atoms with E-state index in [0.717, 1.165) is 25.2 Å². The molecule has 0 saturated heterocycles.